The lowest BCUT2D eigenvalue weighted by Gasteiger charge is -2.20. The van der Waals surface area contributed by atoms with Gasteiger partial charge in [0.05, 0.1) is 0 Å². The number of benzene rings is 1. The molecule has 2 aromatic rings. The summed E-state index contributed by atoms with van der Waals surface area (Å²) in [4.78, 5) is 3.53. The van der Waals surface area contributed by atoms with Crippen molar-refractivity contribution >= 4 is 11.3 Å². The second-order valence-electron chi connectivity index (χ2n) is 4.48. The van der Waals surface area contributed by atoms with Crippen LogP contribution in [-0.4, -0.2) is 11.4 Å². The van der Waals surface area contributed by atoms with Gasteiger partial charge in [-0.15, -0.1) is 11.3 Å². The summed E-state index contributed by atoms with van der Waals surface area (Å²) in [6, 6.07) is 9.61. The molecule has 0 unspecified atom stereocenters. The van der Waals surface area contributed by atoms with E-state index in [1.807, 2.05) is 18.2 Å². The van der Waals surface area contributed by atoms with Crippen LogP contribution < -0.4 is 5.73 Å². The van der Waals surface area contributed by atoms with Gasteiger partial charge in [-0.25, -0.2) is 4.39 Å². The maximum Gasteiger partial charge on any atom is 0.132 e. The van der Waals surface area contributed by atoms with Gasteiger partial charge >= 0.3 is 0 Å². The zero-order valence-corrected chi connectivity index (χ0v) is 11.9. The van der Waals surface area contributed by atoms with E-state index >= 15 is 0 Å². The summed E-state index contributed by atoms with van der Waals surface area (Å²) < 4.78 is 14.1. The summed E-state index contributed by atoms with van der Waals surface area (Å²) in [6.45, 7) is 4.72. The fourth-order valence-electron chi connectivity index (χ4n) is 2.06. The first kappa shape index (κ1) is 14.2. The number of rotatable bonds is 6. The predicted molar refractivity (Wildman–Crippen MR) is 78.4 cm³/mol. The van der Waals surface area contributed by atoms with Crippen molar-refractivity contribution in [3.8, 4) is 0 Å². The molecule has 0 saturated heterocycles. The molecule has 1 heterocycles. The first-order chi connectivity index (χ1) is 9.24. The summed E-state index contributed by atoms with van der Waals surface area (Å²) in [5.74, 6) is -0.158. The SMILES string of the molecule is CCN(Cc1cccs1)Cc1cccc(CN)c1F. The lowest BCUT2D eigenvalue weighted by Crippen LogP contribution is -2.22. The molecule has 0 saturated carbocycles. The van der Waals surface area contributed by atoms with Crippen molar-refractivity contribution in [3.05, 3.63) is 57.5 Å². The van der Waals surface area contributed by atoms with Crippen LogP contribution in [0.5, 0.6) is 0 Å². The van der Waals surface area contributed by atoms with Crippen molar-refractivity contribution in [3.63, 3.8) is 0 Å². The Morgan fingerprint density at radius 1 is 1.16 bits per heavy atom. The molecule has 19 heavy (non-hydrogen) atoms. The van der Waals surface area contributed by atoms with E-state index in [-0.39, 0.29) is 12.4 Å². The van der Waals surface area contributed by atoms with E-state index in [4.69, 9.17) is 5.73 Å². The molecule has 0 spiro atoms. The quantitative estimate of drug-likeness (QED) is 0.878. The van der Waals surface area contributed by atoms with Gasteiger partial charge in [-0.3, -0.25) is 4.90 Å². The van der Waals surface area contributed by atoms with Crippen molar-refractivity contribution in [2.24, 2.45) is 5.73 Å². The molecule has 1 aromatic heterocycles. The van der Waals surface area contributed by atoms with Gasteiger partial charge in [0.25, 0.3) is 0 Å². The molecular formula is C15H19FN2S. The Bertz CT molecular complexity index is 511. The zero-order valence-electron chi connectivity index (χ0n) is 11.1. The number of thiophene rings is 1. The monoisotopic (exact) mass is 278 g/mol. The van der Waals surface area contributed by atoms with Gasteiger partial charge in [0, 0.05) is 35.6 Å². The first-order valence-corrected chi connectivity index (χ1v) is 7.33. The summed E-state index contributed by atoms with van der Waals surface area (Å²) in [6.07, 6.45) is 0. The van der Waals surface area contributed by atoms with Crippen LogP contribution in [0.2, 0.25) is 0 Å². The summed E-state index contributed by atoms with van der Waals surface area (Å²) >= 11 is 1.73. The maximum atomic E-state index is 14.1. The molecule has 0 atom stereocenters. The number of nitrogens with two attached hydrogens (primary N) is 1. The second-order valence-corrected chi connectivity index (χ2v) is 5.51. The van der Waals surface area contributed by atoms with Crippen LogP contribution in [-0.2, 0) is 19.6 Å². The Balaban J connectivity index is 2.10. The van der Waals surface area contributed by atoms with Gasteiger partial charge in [-0.05, 0) is 18.0 Å². The molecule has 0 aliphatic carbocycles. The molecule has 0 radical (unpaired) electrons. The van der Waals surface area contributed by atoms with E-state index in [2.05, 4.69) is 23.3 Å². The molecule has 0 aliphatic rings. The van der Waals surface area contributed by atoms with E-state index < -0.39 is 0 Å². The third-order valence-electron chi connectivity index (χ3n) is 3.18. The largest absolute Gasteiger partial charge is 0.326 e. The molecule has 0 amide bonds. The standard InChI is InChI=1S/C15H19FN2S/c1-2-18(11-14-7-4-8-19-14)10-13-6-3-5-12(9-17)15(13)16/h3-8H,2,9-11,17H2,1H3. The predicted octanol–water partition coefficient (Wildman–Crippen LogP) is 3.37. The van der Waals surface area contributed by atoms with Crippen molar-refractivity contribution < 1.29 is 4.39 Å². The summed E-state index contributed by atoms with van der Waals surface area (Å²) in [5.41, 5.74) is 6.85. The smallest absolute Gasteiger partial charge is 0.132 e. The topological polar surface area (TPSA) is 29.3 Å². The third kappa shape index (κ3) is 3.62. The molecule has 1 aromatic carbocycles. The third-order valence-corrected chi connectivity index (χ3v) is 4.04. The first-order valence-electron chi connectivity index (χ1n) is 6.45. The molecule has 0 fully saturated rings. The van der Waals surface area contributed by atoms with Crippen molar-refractivity contribution in [1.29, 1.82) is 0 Å². The Hall–Kier alpha value is -1.23. The van der Waals surface area contributed by atoms with Crippen molar-refractivity contribution in [1.82, 2.24) is 4.90 Å². The Labute approximate surface area is 117 Å². The van der Waals surface area contributed by atoms with Crippen LogP contribution in [0.3, 0.4) is 0 Å². The van der Waals surface area contributed by atoms with E-state index in [1.54, 1.807) is 17.4 Å². The Morgan fingerprint density at radius 2 is 1.95 bits per heavy atom. The molecule has 0 aliphatic heterocycles. The number of hydrogen-bond donors (Lipinski definition) is 1. The molecule has 4 heteroatoms. The Morgan fingerprint density at radius 3 is 2.58 bits per heavy atom. The second kappa shape index (κ2) is 6.80. The highest BCUT2D eigenvalue weighted by Gasteiger charge is 2.11. The minimum Gasteiger partial charge on any atom is -0.326 e. The molecule has 2 rings (SSSR count). The Kier molecular flexibility index (Phi) is 5.07. The molecule has 2 nitrogen and oxygen atoms in total. The van der Waals surface area contributed by atoms with Gasteiger partial charge in [0.1, 0.15) is 5.82 Å². The minimum atomic E-state index is -0.158. The zero-order chi connectivity index (χ0) is 13.7. The number of halogens is 1. The summed E-state index contributed by atoms with van der Waals surface area (Å²) in [7, 11) is 0. The molecular weight excluding hydrogens is 259 g/mol. The minimum absolute atomic E-state index is 0.158. The van der Waals surface area contributed by atoms with Crippen LogP contribution in [0.4, 0.5) is 4.39 Å². The van der Waals surface area contributed by atoms with Crippen LogP contribution in [0.15, 0.2) is 35.7 Å². The van der Waals surface area contributed by atoms with Crippen molar-refractivity contribution in [2.75, 3.05) is 6.54 Å². The number of hydrogen-bond acceptors (Lipinski definition) is 3. The van der Waals surface area contributed by atoms with E-state index in [0.29, 0.717) is 12.1 Å². The van der Waals surface area contributed by atoms with Crippen LogP contribution in [0.1, 0.15) is 22.9 Å². The lowest BCUT2D eigenvalue weighted by molar-refractivity contribution is 0.269. The fourth-order valence-corrected chi connectivity index (χ4v) is 2.80. The molecule has 2 N–H and O–H groups in total. The van der Waals surface area contributed by atoms with Gasteiger partial charge < -0.3 is 5.73 Å². The molecule has 102 valence electrons. The van der Waals surface area contributed by atoms with Gasteiger partial charge in [-0.1, -0.05) is 31.2 Å². The average Bonchev–Trinajstić information content (AvgIpc) is 2.93. The maximum absolute atomic E-state index is 14.1. The summed E-state index contributed by atoms with van der Waals surface area (Å²) in [5, 5.41) is 2.07. The van der Waals surface area contributed by atoms with Gasteiger partial charge in [-0.2, -0.15) is 0 Å². The van der Waals surface area contributed by atoms with Crippen LogP contribution in [0, 0.1) is 5.82 Å². The van der Waals surface area contributed by atoms with E-state index in [1.165, 1.54) is 4.88 Å². The highest BCUT2D eigenvalue weighted by molar-refractivity contribution is 7.09. The van der Waals surface area contributed by atoms with Crippen molar-refractivity contribution in [2.45, 2.75) is 26.6 Å². The highest BCUT2D eigenvalue weighted by atomic mass is 32.1. The average molecular weight is 278 g/mol. The fraction of sp³-hybridized carbons (Fsp3) is 0.333. The normalized spacial score (nSPS) is 11.2. The molecule has 0 bridgehead atoms. The van der Waals surface area contributed by atoms with Crippen LogP contribution in [0.25, 0.3) is 0 Å². The lowest BCUT2D eigenvalue weighted by atomic mass is 10.1. The highest BCUT2D eigenvalue weighted by Crippen LogP contribution is 2.17. The number of nitrogens with zero attached hydrogens (tertiary/aromatic N) is 1. The van der Waals surface area contributed by atoms with Crippen LogP contribution >= 0.6 is 11.3 Å². The van der Waals surface area contributed by atoms with E-state index in [0.717, 1.165) is 18.7 Å². The van der Waals surface area contributed by atoms with Gasteiger partial charge in [0.15, 0.2) is 0 Å². The van der Waals surface area contributed by atoms with E-state index in [9.17, 15) is 4.39 Å². The van der Waals surface area contributed by atoms with Gasteiger partial charge in [0.2, 0.25) is 0 Å².